The summed E-state index contributed by atoms with van der Waals surface area (Å²) in [6.07, 6.45) is 3.46. The quantitative estimate of drug-likeness (QED) is 0.775. The number of hydrogen-bond donors (Lipinski definition) is 1. The fourth-order valence-corrected chi connectivity index (χ4v) is 3.16. The molecule has 0 saturated carbocycles. The normalized spacial score (nSPS) is 14.4. The van der Waals surface area contributed by atoms with E-state index in [1.807, 2.05) is 0 Å². The van der Waals surface area contributed by atoms with Crippen LogP contribution in [0.15, 0.2) is 36.7 Å². The van der Waals surface area contributed by atoms with Crippen LogP contribution in [-0.2, 0) is 4.79 Å². The number of piperazine rings is 1. The van der Waals surface area contributed by atoms with Gasteiger partial charge in [0.15, 0.2) is 0 Å². The Labute approximate surface area is 170 Å². The minimum Gasteiger partial charge on any atom is -0.496 e. The van der Waals surface area contributed by atoms with Crippen molar-refractivity contribution in [1.29, 1.82) is 0 Å². The Kier molecular flexibility index (Phi) is 6.61. The lowest BCUT2D eigenvalue weighted by atomic mass is 10.1. The number of rotatable bonds is 6. The third-order valence-corrected chi connectivity index (χ3v) is 4.69. The Hall–Kier alpha value is -3.20. The van der Waals surface area contributed by atoms with Gasteiger partial charge in [-0.1, -0.05) is 0 Å². The highest BCUT2D eigenvalue weighted by atomic mass is 16.5. The van der Waals surface area contributed by atoms with Gasteiger partial charge in [-0.15, -0.1) is 0 Å². The van der Waals surface area contributed by atoms with Crippen molar-refractivity contribution in [1.82, 2.24) is 19.8 Å². The first-order valence-corrected chi connectivity index (χ1v) is 9.42. The molecule has 2 heterocycles. The van der Waals surface area contributed by atoms with Gasteiger partial charge in [0.25, 0.3) is 5.91 Å². The second-order valence-electron chi connectivity index (χ2n) is 6.97. The maximum absolute atomic E-state index is 12.5. The van der Waals surface area contributed by atoms with Crippen LogP contribution in [0.3, 0.4) is 0 Å². The second kappa shape index (κ2) is 9.33. The fraction of sp³-hybridized carbons (Fsp3) is 0.400. The van der Waals surface area contributed by atoms with E-state index >= 15 is 0 Å². The maximum Gasteiger partial charge on any atom is 0.257 e. The zero-order valence-electron chi connectivity index (χ0n) is 17.0. The first kappa shape index (κ1) is 20.5. The number of benzene rings is 1. The minimum atomic E-state index is -0.183. The topological polar surface area (TPSA) is 90.9 Å². The first-order valence-electron chi connectivity index (χ1n) is 9.42. The summed E-state index contributed by atoms with van der Waals surface area (Å²) in [6.45, 7) is 3.31. The van der Waals surface area contributed by atoms with E-state index in [0.717, 1.165) is 26.2 Å². The molecule has 1 N–H and O–H groups in total. The van der Waals surface area contributed by atoms with Crippen molar-refractivity contribution in [3.05, 3.63) is 42.2 Å². The minimum absolute atomic E-state index is 0.122. The first-order chi connectivity index (χ1) is 14.0. The molecule has 1 aromatic carbocycles. The van der Waals surface area contributed by atoms with E-state index in [9.17, 15) is 9.59 Å². The van der Waals surface area contributed by atoms with Crippen LogP contribution in [0.4, 0.5) is 11.6 Å². The summed E-state index contributed by atoms with van der Waals surface area (Å²) in [7, 11) is 4.86. The highest BCUT2D eigenvalue weighted by molar-refractivity contribution is 5.99. The zero-order valence-corrected chi connectivity index (χ0v) is 17.0. The largest absolute Gasteiger partial charge is 0.496 e. The Morgan fingerprint density at radius 1 is 1.14 bits per heavy atom. The SMILES string of the molecule is COc1ccc(NC(=O)CN2CCN(c3ncccn3)CC2)cc1C(=O)N(C)C. The standard InChI is InChI=1S/C20H26N6O3/c1-24(2)19(28)16-13-15(5-6-17(16)29-3)23-18(27)14-25-9-11-26(12-10-25)20-21-7-4-8-22-20/h4-8,13H,9-12,14H2,1-3H3,(H,23,27). The van der Waals surface area contributed by atoms with Gasteiger partial charge in [-0.05, 0) is 24.3 Å². The molecule has 29 heavy (non-hydrogen) atoms. The highest BCUT2D eigenvalue weighted by Crippen LogP contribution is 2.23. The summed E-state index contributed by atoms with van der Waals surface area (Å²) in [5.41, 5.74) is 0.976. The lowest BCUT2D eigenvalue weighted by molar-refractivity contribution is -0.117. The summed E-state index contributed by atoms with van der Waals surface area (Å²) < 4.78 is 5.26. The van der Waals surface area contributed by atoms with Gasteiger partial charge in [0, 0.05) is 58.4 Å². The monoisotopic (exact) mass is 398 g/mol. The molecule has 2 aromatic rings. The van der Waals surface area contributed by atoms with Crippen LogP contribution in [0, 0.1) is 0 Å². The van der Waals surface area contributed by atoms with Crippen molar-refractivity contribution in [2.75, 3.05) is 64.1 Å². The molecular weight excluding hydrogens is 372 g/mol. The molecule has 0 spiro atoms. The van der Waals surface area contributed by atoms with Crippen LogP contribution in [0.25, 0.3) is 0 Å². The molecule has 2 amide bonds. The molecule has 0 atom stereocenters. The predicted molar refractivity (Wildman–Crippen MR) is 110 cm³/mol. The average Bonchev–Trinajstić information content (AvgIpc) is 2.74. The van der Waals surface area contributed by atoms with Gasteiger partial charge in [-0.2, -0.15) is 0 Å². The molecule has 154 valence electrons. The van der Waals surface area contributed by atoms with Gasteiger partial charge >= 0.3 is 0 Å². The Morgan fingerprint density at radius 3 is 2.45 bits per heavy atom. The summed E-state index contributed by atoms with van der Waals surface area (Å²) >= 11 is 0. The lowest BCUT2D eigenvalue weighted by Gasteiger charge is -2.34. The van der Waals surface area contributed by atoms with Crippen LogP contribution in [0.1, 0.15) is 10.4 Å². The third kappa shape index (κ3) is 5.20. The van der Waals surface area contributed by atoms with E-state index in [1.54, 1.807) is 50.8 Å². The molecular formula is C20H26N6O3. The number of methoxy groups -OCH3 is 1. The van der Waals surface area contributed by atoms with Crippen LogP contribution in [0.5, 0.6) is 5.75 Å². The van der Waals surface area contributed by atoms with E-state index in [2.05, 4.69) is 25.1 Å². The summed E-state index contributed by atoms with van der Waals surface area (Å²) in [5.74, 6) is 0.883. The second-order valence-corrected chi connectivity index (χ2v) is 6.97. The Morgan fingerprint density at radius 2 is 1.83 bits per heavy atom. The van der Waals surface area contributed by atoms with Crippen LogP contribution in [0.2, 0.25) is 0 Å². The number of hydrogen-bond acceptors (Lipinski definition) is 7. The van der Waals surface area contributed by atoms with Crippen molar-refractivity contribution in [3.8, 4) is 5.75 Å². The zero-order chi connectivity index (χ0) is 20.8. The van der Waals surface area contributed by atoms with Gasteiger partial charge in [0.1, 0.15) is 5.75 Å². The molecule has 0 bridgehead atoms. The van der Waals surface area contributed by atoms with Gasteiger partial charge < -0.3 is 19.9 Å². The number of carbonyl (C=O) groups is 2. The lowest BCUT2D eigenvalue weighted by Crippen LogP contribution is -2.49. The molecule has 0 radical (unpaired) electrons. The number of nitrogens with zero attached hydrogens (tertiary/aromatic N) is 5. The predicted octanol–water partition coefficient (Wildman–Crippen LogP) is 0.948. The summed E-state index contributed by atoms with van der Waals surface area (Å²) in [5, 5.41) is 2.87. The van der Waals surface area contributed by atoms with Crippen LogP contribution in [-0.4, -0.2) is 85.5 Å². The molecule has 1 saturated heterocycles. The number of nitrogens with one attached hydrogen (secondary N) is 1. The smallest absolute Gasteiger partial charge is 0.257 e. The molecule has 0 unspecified atom stereocenters. The van der Waals surface area contributed by atoms with Crippen molar-refractivity contribution < 1.29 is 14.3 Å². The van der Waals surface area contributed by atoms with E-state index in [0.29, 0.717) is 22.9 Å². The van der Waals surface area contributed by atoms with E-state index in [4.69, 9.17) is 4.74 Å². The van der Waals surface area contributed by atoms with Crippen LogP contribution < -0.4 is 15.0 Å². The molecule has 1 aliphatic rings. The van der Waals surface area contributed by atoms with Crippen molar-refractivity contribution in [3.63, 3.8) is 0 Å². The van der Waals surface area contributed by atoms with Crippen molar-refractivity contribution in [2.45, 2.75) is 0 Å². The van der Waals surface area contributed by atoms with Gasteiger partial charge in [-0.25, -0.2) is 9.97 Å². The van der Waals surface area contributed by atoms with Crippen molar-refractivity contribution >= 4 is 23.5 Å². The van der Waals surface area contributed by atoms with Crippen LogP contribution >= 0.6 is 0 Å². The van der Waals surface area contributed by atoms with Gasteiger partial charge in [0.2, 0.25) is 11.9 Å². The molecule has 1 aromatic heterocycles. The molecule has 3 rings (SSSR count). The third-order valence-electron chi connectivity index (χ3n) is 4.69. The molecule has 1 fully saturated rings. The van der Waals surface area contributed by atoms with Crippen molar-refractivity contribution in [2.24, 2.45) is 0 Å². The van der Waals surface area contributed by atoms with Gasteiger partial charge in [-0.3, -0.25) is 14.5 Å². The molecule has 9 nitrogen and oxygen atoms in total. The average molecular weight is 398 g/mol. The van der Waals surface area contributed by atoms with E-state index in [1.165, 1.54) is 12.0 Å². The maximum atomic E-state index is 12.5. The number of carbonyl (C=O) groups excluding carboxylic acids is 2. The number of amides is 2. The summed E-state index contributed by atoms with van der Waals surface area (Å²) in [6, 6.07) is 6.85. The number of aromatic nitrogens is 2. The Balaban J connectivity index is 1.56. The van der Waals surface area contributed by atoms with E-state index in [-0.39, 0.29) is 18.4 Å². The number of ether oxygens (including phenoxy) is 1. The fourth-order valence-electron chi connectivity index (χ4n) is 3.16. The molecule has 9 heteroatoms. The Bertz CT molecular complexity index is 851. The molecule has 1 aliphatic heterocycles. The van der Waals surface area contributed by atoms with Gasteiger partial charge in [0.05, 0.1) is 19.2 Å². The summed E-state index contributed by atoms with van der Waals surface area (Å²) in [4.78, 5) is 39.0. The number of anilines is 2. The highest BCUT2D eigenvalue weighted by Gasteiger charge is 2.21. The molecule has 0 aliphatic carbocycles. The van der Waals surface area contributed by atoms with E-state index < -0.39 is 0 Å².